The normalized spacial score (nSPS) is 22.0. The lowest BCUT2D eigenvalue weighted by Gasteiger charge is -2.27. The monoisotopic (exact) mass is 475 g/mol. The van der Waals surface area contributed by atoms with E-state index in [-0.39, 0.29) is 23.1 Å². The lowest BCUT2D eigenvalue weighted by Crippen LogP contribution is -2.33. The first-order valence-electron chi connectivity index (χ1n) is 12.2. The number of ether oxygens (including phenoxy) is 2. The molecule has 2 aromatic carbocycles. The highest BCUT2D eigenvalue weighted by atomic mass is 32.2. The first-order valence-corrected chi connectivity index (χ1v) is 13.5. The molecule has 1 saturated carbocycles. The SMILES string of the molecule is CCC1(OC(=O)COC(=O)c2ccc(C)c([S+]3c4ccccc4C4=CC=CCC43)c2)CCCC1. The van der Waals surface area contributed by atoms with Crippen LogP contribution in [0, 0.1) is 6.92 Å². The summed E-state index contributed by atoms with van der Waals surface area (Å²) in [5.74, 6) is -0.939. The lowest BCUT2D eigenvalue weighted by molar-refractivity contribution is -0.163. The van der Waals surface area contributed by atoms with Gasteiger partial charge in [0.05, 0.1) is 16.5 Å². The molecule has 1 aliphatic heterocycles. The molecule has 0 saturated heterocycles. The zero-order valence-electron chi connectivity index (χ0n) is 19.8. The van der Waals surface area contributed by atoms with Gasteiger partial charge in [-0.2, -0.15) is 0 Å². The molecule has 1 heterocycles. The number of benzene rings is 2. The third-order valence-electron chi connectivity index (χ3n) is 7.30. The number of hydrogen-bond donors (Lipinski definition) is 0. The molecule has 34 heavy (non-hydrogen) atoms. The Morgan fingerprint density at radius 1 is 1.09 bits per heavy atom. The van der Waals surface area contributed by atoms with Crippen molar-refractivity contribution in [3.8, 4) is 0 Å². The highest BCUT2D eigenvalue weighted by molar-refractivity contribution is 7.98. The molecule has 1 fully saturated rings. The van der Waals surface area contributed by atoms with E-state index in [4.69, 9.17) is 9.47 Å². The highest BCUT2D eigenvalue weighted by Crippen LogP contribution is 2.48. The van der Waals surface area contributed by atoms with Crippen molar-refractivity contribution in [2.24, 2.45) is 0 Å². The smallest absolute Gasteiger partial charge is 0.344 e. The zero-order chi connectivity index (χ0) is 23.7. The van der Waals surface area contributed by atoms with Crippen LogP contribution in [0.25, 0.3) is 5.57 Å². The molecule has 4 nitrogen and oxygen atoms in total. The minimum atomic E-state index is -0.481. The van der Waals surface area contributed by atoms with Gasteiger partial charge in [-0.3, -0.25) is 0 Å². The molecule has 2 atom stereocenters. The van der Waals surface area contributed by atoms with Crippen molar-refractivity contribution in [3.63, 3.8) is 0 Å². The van der Waals surface area contributed by atoms with Crippen molar-refractivity contribution >= 4 is 28.4 Å². The second-order valence-electron chi connectivity index (χ2n) is 9.38. The van der Waals surface area contributed by atoms with Gasteiger partial charge in [-0.1, -0.05) is 43.4 Å². The molecule has 176 valence electrons. The number of hydrogen-bond acceptors (Lipinski definition) is 4. The zero-order valence-corrected chi connectivity index (χ0v) is 20.7. The minimum Gasteiger partial charge on any atom is -0.457 e. The van der Waals surface area contributed by atoms with E-state index in [1.165, 1.54) is 20.9 Å². The fraction of sp³-hybridized carbons (Fsp3) is 0.379. The molecule has 2 unspecified atom stereocenters. The number of aryl methyl sites for hydroxylation is 1. The second-order valence-corrected chi connectivity index (χ2v) is 11.5. The Morgan fingerprint density at radius 2 is 1.88 bits per heavy atom. The van der Waals surface area contributed by atoms with E-state index in [0.29, 0.717) is 10.8 Å². The number of carbonyl (C=O) groups is 2. The topological polar surface area (TPSA) is 52.6 Å². The van der Waals surface area contributed by atoms with E-state index in [1.807, 2.05) is 19.1 Å². The lowest BCUT2D eigenvalue weighted by atomic mass is 9.98. The number of esters is 2. The van der Waals surface area contributed by atoms with E-state index >= 15 is 0 Å². The van der Waals surface area contributed by atoms with Gasteiger partial charge in [0.2, 0.25) is 0 Å². The summed E-state index contributed by atoms with van der Waals surface area (Å²) in [6.07, 6.45) is 12.3. The van der Waals surface area contributed by atoms with Crippen molar-refractivity contribution in [3.05, 3.63) is 77.4 Å². The summed E-state index contributed by atoms with van der Waals surface area (Å²) in [6.45, 7) is 3.80. The molecule has 0 bridgehead atoms. The van der Waals surface area contributed by atoms with Crippen molar-refractivity contribution in [2.45, 2.75) is 73.0 Å². The van der Waals surface area contributed by atoms with Crippen LogP contribution in [-0.4, -0.2) is 29.4 Å². The van der Waals surface area contributed by atoms with Gasteiger partial charge >= 0.3 is 11.9 Å². The van der Waals surface area contributed by atoms with Gasteiger partial charge < -0.3 is 9.47 Å². The molecule has 2 aliphatic carbocycles. The van der Waals surface area contributed by atoms with E-state index in [1.54, 1.807) is 6.07 Å². The van der Waals surface area contributed by atoms with Gasteiger partial charge in [0.25, 0.3) is 0 Å². The van der Waals surface area contributed by atoms with Crippen LogP contribution in [-0.2, 0) is 25.2 Å². The van der Waals surface area contributed by atoms with Gasteiger partial charge in [0, 0.05) is 29.2 Å². The van der Waals surface area contributed by atoms with E-state index in [0.717, 1.165) is 44.1 Å². The summed E-state index contributed by atoms with van der Waals surface area (Å²) < 4.78 is 11.1. The van der Waals surface area contributed by atoms with E-state index in [2.05, 4.69) is 49.4 Å². The van der Waals surface area contributed by atoms with Gasteiger partial charge in [0.15, 0.2) is 21.6 Å². The average molecular weight is 476 g/mol. The fourth-order valence-corrected chi connectivity index (χ4v) is 8.34. The van der Waals surface area contributed by atoms with Crippen molar-refractivity contribution in [1.29, 1.82) is 0 Å². The Hall–Kier alpha value is -2.79. The van der Waals surface area contributed by atoms with Crippen LogP contribution in [0.4, 0.5) is 0 Å². The molecule has 0 spiro atoms. The maximum atomic E-state index is 12.9. The average Bonchev–Trinajstić information content (AvgIpc) is 3.46. The first-order chi connectivity index (χ1) is 16.5. The Bertz CT molecular complexity index is 1170. The molecule has 0 N–H and O–H groups in total. The Morgan fingerprint density at radius 3 is 2.68 bits per heavy atom. The molecule has 3 aliphatic rings. The minimum absolute atomic E-state index is 0.162. The summed E-state index contributed by atoms with van der Waals surface area (Å²) in [7, 11) is -0.162. The number of rotatable bonds is 6. The Labute approximate surface area is 204 Å². The molecule has 5 rings (SSSR count). The van der Waals surface area contributed by atoms with Crippen LogP contribution >= 0.6 is 0 Å². The van der Waals surface area contributed by atoms with Crippen LogP contribution in [0.3, 0.4) is 0 Å². The van der Waals surface area contributed by atoms with Crippen LogP contribution in [0.2, 0.25) is 0 Å². The number of fused-ring (bicyclic) bond motifs is 3. The van der Waals surface area contributed by atoms with Gasteiger partial charge in [0.1, 0.15) is 5.60 Å². The first kappa shape index (κ1) is 23.0. The van der Waals surface area contributed by atoms with Crippen LogP contribution in [0.5, 0.6) is 0 Å². The quantitative estimate of drug-likeness (QED) is 0.370. The Kier molecular flexibility index (Phi) is 6.39. The summed E-state index contributed by atoms with van der Waals surface area (Å²) >= 11 is 0. The molecule has 0 radical (unpaired) electrons. The molecule has 0 aromatic heterocycles. The molecule has 5 heteroatoms. The molecular weight excluding hydrogens is 444 g/mol. The van der Waals surface area contributed by atoms with Gasteiger partial charge in [-0.25, -0.2) is 9.59 Å². The summed E-state index contributed by atoms with van der Waals surface area (Å²) in [6, 6.07) is 14.4. The third kappa shape index (κ3) is 4.22. The Balaban J connectivity index is 1.34. The van der Waals surface area contributed by atoms with Gasteiger partial charge in [-0.05, 0) is 57.2 Å². The number of allylic oxidation sites excluding steroid dienone is 3. The maximum Gasteiger partial charge on any atom is 0.344 e. The fourth-order valence-electron chi connectivity index (χ4n) is 5.41. The summed E-state index contributed by atoms with van der Waals surface area (Å²) in [4.78, 5) is 27.8. The summed E-state index contributed by atoms with van der Waals surface area (Å²) in [5.41, 5.74) is 3.96. The number of carbonyl (C=O) groups excluding carboxylic acids is 2. The maximum absolute atomic E-state index is 12.9. The molecule has 0 amide bonds. The van der Waals surface area contributed by atoms with Crippen LogP contribution < -0.4 is 0 Å². The van der Waals surface area contributed by atoms with E-state index in [9.17, 15) is 9.59 Å². The third-order valence-corrected chi connectivity index (χ3v) is 10.1. The molecule has 2 aromatic rings. The van der Waals surface area contributed by atoms with Crippen LogP contribution in [0.1, 0.15) is 66.9 Å². The van der Waals surface area contributed by atoms with Gasteiger partial charge in [-0.15, -0.1) is 0 Å². The standard InChI is InChI=1S/C29H31O4S/c1-3-29(16-8-9-17-29)33-27(30)19-32-28(31)21-15-14-20(2)26(18-21)34-24-12-6-4-10-22(24)23-11-5-7-13-25(23)34/h4-7,10-12,14-15,18,25H,3,8-9,13,16-17,19H2,1-2H3/q+1. The second kappa shape index (κ2) is 9.46. The van der Waals surface area contributed by atoms with Crippen molar-refractivity contribution in [1.82, 2.24) is 0 Å². The predicted molar refractivity (Wildman–Crippen MR) is 135 cm³/mol. The van der Waals surface area contributed by atoms with Crippen molar-refractivity contribution in [2.75, 3.05) is 6.61 Å². The van der Waals surface area contributed by atoms with E-state index < -0.39 is 11.9 Å². The van der Waals surface area contributed by atoms with Crippen LogP contribution in [0.15, 0.2) is 70.5 Å². The molecular formula is C29H31O4S+. The highest BCUT2D eigenvalue weighted by Gasteiger charge is 2.48. The van der Waals surface area contributed by atoms with Crippen molar-refractivity contribution < 1.29 is 19.1 Å². The predicted octanol–water partition coefficient (Wildman–Crippen LogP) is 6.18. The summed E-state index contributed by atoms with van der Waals surface area (Å²) in [5, 5.41) is 0.388. The largest absolute Gasteiger partial charge is 0.457 e.